The van der Waals surface area contributed by atoms with Crippen LogP contribution in [0.2, 0.25) is 0 Å². The summed E-state index contributed by atoms with van der Waals surface area (Å²) in [6.07, 6.45) is 3.08. The molecule has 0 aromatic carbocycles. The van der Waals surface area contributed by atoms with Crippen LogP contribution in [-0.2, 0) is 14.3 Å². The first-order chi connectivity index (χ1) is 6.84. The summed E-state index contributed by atoms with van der Waals surface area (Å²) in [5, 5.41) is 0. The average Bonchev–Trinajstić information content (AvgIpc) is 2.63. The molecule has 0 bridgehead atoms. The first kappa shape index (κ1) is 12.7. The van der Waals surface area contributed by atoms with Crippen LogP contribution >= 0.6 is 15.9 Å². The lowest BCUT2D eigenvalue weighted by atomic mass is 9.77. The molecule has 3 nitrogen and oxygen atoms in total. The minimum atomic E-state index is -0.901. The van der Waals surface area contributed by atoms with Gasteiger partial charge in [0.15, 0.2) is 5.78 Å². The Labute approximate surface area is 98.7 Å². The summed E-state index contributed by atoms with van der Waals surface area (Å²) in [5.41, 5.74) is -0.901. The van der Waals surface area contributed by atoms with E-state index in [1.54, 1.807) is 13.8 Å². The van der Waals surface area contributed by atoms with Gasteiger partial charge in [0.2, 0.25) is 0 Å². The van der Waals surface area contributed by atoms with E-state index >= 15 is 0 Å². The lowest BCUT2D eigenvalue weighted by Crippen LogP contribution is -2.45. The Kier molecular flexibility index (Phi) is 3.59. The summed E-state index contributed by atoms with van der Waals surface area (Å²) in [6, 6.07) is 0. The number of methoxy groups -OCH3 is 1. The molecule has 0 heterocycles. The number of ether oxygens (including phenoxy) is 1. The van der Waals surface area contributed by atoms with Crippen molar-refractivity contribution >= 4 is 27.7 Å². The van der Waals surface area contributed by atoms with Crippen LogP contribution < -0.4 is 0 Å². The van der Waals surface area contributed by atoms with Gasteiger partial charge >= 0.3 is 5.97 Å². The first-order valence-electron chi connectivity index (χ1n) is 5.17. The molecule has 15 heavy (non-hydrogen) atoms. The maximum Gasteiger partial charge on any atom is 0.319 e. The molecule has 0 radical (unpaired) electrons. The SMILES string of the molecule is COC(=O)C1(C(=O)C(C)(C)Br)CCCC1. The van der Waals surface area contributed by atoms with E-state index in [1.807, 2.05) is 0 Å². The Morgan fingerprint density at radius 2 is 1.73 bits per heavy atom. The molecule has 0 N–H and O–H groups in total. The number of rotatable bonds is 3. The molecule has 0 aromatic heterocycles. The second-order valence-electron chi connectivity index (χ2n) is 4.58. The van der Waals surface area contributed by atoms with Crippen molar-refractivity contribution in [3.63, 3.8) is 0 Å². The third-order valence-corrected chi connectivity index (χ3v) is 3.37. The topological polar surface area (TPSA) is 43.4 Å². The van der Waals surface area contributed by atoms with E-state index in [0.29, 0.717) is 12.8 Å². The van der Waals surface area contributed by atoms with Gasteiger partial charge in [-0.25, -0.2) is 0 Å². The summed E-state index contributed by atoms with van der Waals surface area (Å²) in [4.78, 5) is 24.0. The molecule has 1 rings (SSSR count). The summed E-state index contributed by atoms with van der Waals surface area (Å²) in [7, 11) is 1.34. The highest BCUT2D eigenvalue weighted by Crippen LogP contribution is 2.44. The van der Waals surface area contributed by atoms with Crippen molar-refractivity contribution in [2.45, 2.75) is 43.9 Å². The third-order valence-electron chi connectivity index (χ3n) is 3.01. The Hall–Kier alpha value is -0.380. The predicted octanol–water partition coefficient (Wildman–Crippen LogP) is 2.46. The van der Waals surface area contributed by atoms with Crippen molar-refractivity contribution in [1.29, 1.82) is 0 Å². The number of halogens is 1. The van der Waals surface area contributed by atoms with Crippen LogP contribution in [0.3, 0.4) is 0 Å². The van der Waals surface area contributed by atoms with Gasteiger partial charge < -0.3 is 4.74 Å². The largest absolute Gasteiger partial charge is 0.468 e. The van der Waals surface area contributed by atoms with Crippen LogP contribution in [0.25, 0.3) is 0 Å². The summed E-state index contributed by atoms with van der Waals surface area (Å²) in [6.45, 7) is 3.55. The number of hydrogen-bond donors (Lipinski definition) is 0. The van der Waals surface area contributed by atoms with Gasteiger partial charge in [0.25, 0.3) is 0 Å². The molecular weight excluding hydrogens is 260 g/mol. The van der Waals surface area contributed by atoms with Gasteiger partial charge in [0.05, 0.1) is 11.4 Å². The zero-order valence-electron chi connectivity index (χ0n) is 9.43. The van der Waals surface area contributed by atoms with Crippen molar-refractivity contribution in [1.82, 2.24) is 0 Å². The number of alkyl halides is 1. The standard InChI is InChI=1S/C11H17BrO3/c1-10(2,12)8(13)11(9(14)15-3)6-4-5-7-11/h4-7H2,1-3H3. The van der Waals surface area contributed by atoms with E-state index < -0.39 is 9.74 Å². The molecular formula is C11H17BrO3. The zero-order valence-corrected chi connectivity index (χ0v) is 11.0. The number of hydrogen-bond acceptors (Lipinski definition) is 3. The monoisotopic (exact) mass is 276 g/mol. The number of esters is 1. The fourth-order valence-electron chi connectivity index (χ4n) is 2.27. The Morgan fingerprint density at radius 3 is 2.07 bits per heavy atom. The molecule has 0 spiro atoms. The number of ketones is 1. The van der Waals surface area contributed by atoms with Gasteiger partial charge in [-0.1, -0.05) is 28.8 Å². The van der Waals surface area contributed by atoms with Crippen LogP contribution in [0.5, 0.6) is 0 Å². The van der Waals surface area contributed by atoms with Gasteiger partial charge in [-0.15, -0.1) is 0 Å². The minimum Gasteiger partial charge on any atom is -0.468 e. The molecule has 1 fully saturated rings. The van der Waals surface area contributed by atoms with Crippen molar-refractivity contribution in [2.24, 2.45) is 5.41 Å². The molecule has 0 aromatic rings. The second-order valence-corrected chi connectivity index (χ2v) is 6.56. The predicted molar refractivity (Wildman–Crippen MR) is 60.9 cm³/mol. The minimum absolute atomic E-state index is 0.0562. The van der Waals surface area contributed by atoms with Crippen LogP contribution in [-0.4, -0.2) is 23.2 Å². The van der Waals surface area contributed by atoms with Gasteiger partial charge in [-0.2, -0.15) is 0 Å². The molecule has 1 saturated carbocycles. The van der Waals surface area contributed by atoms with E-state index in [4.69, 9.17) is 4.74 Å². The van der Waals surface area contributed by atoms with Crippen molar-refractivity contribution < 1.29 is 14.3 Å². The van der Waals surface area contributed by atoms with Gasteiger partial charge in [-0.3, -0.25) is 9.59 Å². The summed E-state index contributed by atoms with van der Waals surface area (Å²) in [5.74, 6) is -0.433. The highest BCUT2D eigenvalue weighted by Gasteiger charge is 2.52. The molecule has 1 aliphatic carbocycles. The molecule has 4 heteroatoms. The zero-order chi connectivity index (χ0) is 11.7. The van der Waals surface area contributed by atoms with Crippen molar-refractivity contribution in [2.75, 3.05) is 7.11 Å². The van der Waals surface area contributed by atoms with Crippen LogP contribution in [0.15, 0.2) is 0 Å². The maximum atomic E-state index is 12.2. The Balaban J connectivity index is 3.02. The number of carbonyl (C=O) groups is 2. The van der Waals surface area contributed by atoms with Crippen molar-refractivity contribution in [3.05, 3.63) is 0 Å². The van der Waals surface area contributed by atoms with Gasteiger partial charge in [-0.05, 0) is 26.7 Å². The van der Waals surface area contributed by atoms with Crippen LogP contribution in [0, 0.1) is 5.41 Å². The Bertz CT molecular complexity index is 272. The summed E-state index contributed by atoms with van der Waals surface area (Å²) >= 11 is 3.33. The third kappa shape index (κ3) is 2.25. The highest BCUT2D eigenvalue weighted by molar-refractivity contribution is 9.10. The molecule has 0 unspecified atom stereocenters. The molecule has 0 amide bonds. The lowest BCUT2D eigenvalue weighted by Gasteiger charge is -2.30. The average molecular weight is 277 g/mol. The maximum absolute atomic E-state index is 12.2. The van der Waals surface area contributed by atoms with E-state index in [9.17, 15) is 9.59 Å². The highest BCUT2D eigenvalue weighted by atomic mass is 79.9. The van der Waals surface area contributed by atoms with Gasteiger partial charge in [0, 0.05) is 0 Å². The molecule has 1 aliphatic rings. The molecule has 0 aliphatic heterocycles. The lowest BCUT2D eigenvalue weighted by molar-refractivity contribution is -0.158. The molecule has 0 saturated heterocycles. The Morgan fingerprint density at radius 1 is 1.27 bits per heavy atom. The fraction of sp³-hybridized carbons (Fsp3) is 0.818. The summed E-state index contributed by atoms with van der Waals surface area (Å²) < 4.78 is 4.11. The first-order valence-corrected chi connectivity index (χ1v) is 5.96. The normalized spacial score (nSPS) is 20.0. The van der Waals surface area contributed by atoms with E-state index in [0.717, 1.165) is 12.8 Å². The molecule has 86 valence electrons. The number of Topliss-reactive ketones (excluding diaryl/α,β-unsaturated/α-hetero) is 1. The molecule has 0 atom stereocenters. The quantitative estimate of drug-likeness (QED) is 0.452. The van der Waals surface area contributed by atoms with E-state index in [-0.39, 0.29) is 11.8 Å². The van der Waals surface area contributed by atoms with E-state index in [1.165, 1.54) is 7.11 Å². The fourth-order valence-corrected chi connectivity index (χ4v) is 2.65. The van der Waals surface area contributed by atoms with E-state index in [2.05, 4.69) is 15.9 Å². The van der Waals surface area contributed by atoms with Crippen LogP contribution in [0.1, 0.15) is 39.5 Å². The number of carbonyl (C=O) groups excluding carboxylic acids is 2. The smallest absolute Gasteiger partial charge is 0.319 e. The van der Waals surface area contributed by atoms with Crippen molar-refractivity contribution in [3.8, 4) is 0 Å². The van der Waals surface area contributed by atoms with Gasteiger partial charge in [0.1, 0.15) is 5.41 Å². The second kappa shape index (κ2) is 4.24. The van der Waals surface area contributed by atoms with Crippen LogP contribution in [0.4, 0.5) is 0 Å².